The van der Waals surface area contributed by atoms with Crippen molar-refractivity contribution in [1.82, 2.24) is 0 Å². The quantitative estimate of drug-likeness (QED) is 0.563. The first kappa shape index (κ1) is 15.8. The summed E-state index contributed by atoms with van der Waals surface area (Å²) in [6.07, 6.45) is 14.3. The summed E-state index contributed by atoms with van der Waals surface area (Å²) in [4.78, 5) is 0. The van der Waals surface area contributed by atoms with Gasteiger partial charge in [-0.2, -0.15) is 0 Å². The minimum absolute atomic E-state index is 0.446. The number of phenols is 1. The first-order valence-corrected chi connectivity index (χ1v) is 7.73. The Hall–Kier alpha value is -1.24. The van der Waals surface area contributed by atoms with Crippen molar-refractivity contribution in [3.63, 3.8) is 0 Å². The van der Waals surface area contributed by atoms with E-state index in [2.05, 4.69) is 19.1 Å². The first-order chi connectivity index (χ1) is 9.29. The van der Waals surface area contributed by atoms with E-state index in [1.165, 1.54) is 44.9 Å². The zero-order valence-corrected chi connectivity index (χ0v) is 12.5. The van der Waals surface area contributed by atoms with Crippen molar-refractivity contribution < 1.29 is 5.11 Å². The van der Waals surface area contributed by atoms with E-state index in [4.69, 9.17) is 0 Å². The van der Waals surface area contributed by atoms with Gasteiger partial charge in [-0.1, -0.05) is 69.7 Å². The molecule has 0 atom stereocenters. The van der Waals surface area contributed by atoms with Gasteiger partial charge in [0.05, 0.1) is 0 Å². The average molecular weight is 260 g/mol. The molecule has 0 saturated heterocycles. The van der Waals surface area contributed by atoms with Crippen LogP contribution in [0.15, 0.2) is 24.3 Å². The number of hydrogen-bond donors (Lipinski definition) is 1. The van der Waals surface area contributed by atoms with E-state index in [1.807, 2.05) is 19.1 Å². The number of phenolic OH excluding ortho intramolecular Hbond substituents is 1. The van der Waals surface area contributed by atoms with Crippen molar-refractivity contribution in [1.29, 1.82) is 0 Å². The predicted molar refractivity (Wildman–Crippen MR) is 84.5 cm³/mol. The van der Waals surface area contributed by atoms with Crippen LogP contribution in [-0.4, -0.2) is 5.11 Å². The lowest BCUT2D eigenvalue weighted by Gasteiger charge is -2.08. The van der Waals surface area contributed by atoms with Crippen molar-refractivity contribution >= 4 is 6.08 Å². The number of allylic oxidation sites excluding steroid dienone is 1. The molecular weight excluding hydrogens is 232 g/mol. The Kier molecular flexibility index (Phi) is 8.04. The molecule has 1 heteroatoms. The standard InChI is InChI=1S/C18H28O/c1-3-5-6-7-8-9-10-14-17-16(12-4-2)13-11-15-18(17)19/h4,11-13,15,19H,3,5-10,14H2,1-2H3/b12-4+. The minimum atomic E-state index is 0.446. The highest BCUT2D eigenvalue weighted by atomic mass is 16.3. The molecule has 1 aromatic rings. The van der Waals surface area contributed by atoms with E-state index in [0.717, 1.165) is 17.5 Å². The van der Waals surface area contributed by atoms with Gasteiger partial charge in [-0.05, 0) is 31.4 Å². The molecule has 106 valence electrons. The van der Waals surface area contributed by atoms with Crippen molar-refractivity contribution in [2.45, 2.75) is 65.2 Å². The fourth-order valence-electron chi connectivity index (χ4n) is 2.46. The van der Waals surface area contributed by atoms with Gasteiger partial charge in [0.15, 0.2) is 0 Å². The Labute approximate surface area is 118 Å². The van der Waals surface area contributed by atoms with Crippen LogP contribution in [0.5, 0.6) is 5.75 Å². The largest absolute Gasteiger partial charge is 0.508 e. The predicted octanol–water partition coefficient (Wildman–Crippen LogP) is 5.72. The molecule has 1 nitrogen and oxygen atoms in total. The maximum Gasteiger partial charge on any atom is 0.119 e. The van der Waals surface area contributed by atoms with E-state index in [9.17, 15) is 5.11 Å². The van der Waals surface area contributed by atoms with Crippen LogP contribution in [0.4, 0.5) is 0 Å². The number of rotatable bonds is 9. The molecule has 0 amide bonds. The van der Waals surface area contributed by atoms with Gasteiger partial charge in [0.25, 0.3) is 0 Å². The third-order valence-electron chi connectivity index (χ3n) is 3.56. The van der Waals surface area contributed by atoms with Gasteiger partial charge in [0, 0.05) is 5.56 Å². The fourth-order valence-corrected chi connectivity index (χ4v) is 2.46. The molecule has 0 heterocycles. The highest BCUT2D eigenvalue weighted by Gasteiger charge is 2.05. The lowest BCUT2D eigenvalue weighted by atomic mass is 9.99. The second kappa shape index (κ2) is 9.66. The van der Waals surface area contributed by atoms with Crippen LogP contribution >= 0.6 is 0 Å². The van der Waals surface area contributed by atoms with Gasteiger partial charge in [0.1, 0.15) is 5.75 Å². The van der Waals surface area contributed by atoms with Crippen molar-refractivity contribution in [3.05, 3.63) is 35.4 Å². The lowest BCUT2D eigenvalue weighted by molar-refractivity contribution is 0.465. The zero-order chi connectivity index (χ0) is 13.9. The van der Waals surface area contributed by atoms with E-state index >= 15 is 0 Å². The van der Waals surface area contributed by atoms with Crippen LogP contribution in [0.2, 0.25) is 0 Å². The average Bonchev–Trinajstić information content (AvgIpc) is 2.41. The summed E-state index contributed by atoms with van der Waals surface area (Å²) in [6.45, 7) is 4.27. The highest BCUT2D eigenvalue weighted by Crippen LogP contribution is 2.24. The highest BCUT2D eigenvalue weighted by molar-refractivity contribution is 5.57. The Morgan fingerprint density at radius 1 is 1.00 bits per heavy atom. The number of unbranched alkanes of at least 4 members (excludes halogenated alkanes) is 6. The number of benzene rings is 1. The summed E-state index contributed by atoms with van der Waals surface area (Å²) in [7, 11) is 0. The smallest absolute Gasteiger partial charge is 0.119 e. The lowest BCUT2D eigenvalue weighted by Crippen LogP contribution is -1.91. The number of aromatic hydroxyl groups is 1. The molecule has 0 bridgehead atoms. The molecule has 1 N–H and O–H groups in total. The van der Waals surface area contributed by atoms with Gasteiger partial charge >= 0.3 is 0 Å². The monoisotopic (exact) mass is 260 g/mol. The van der Waals surface area contributed by atoms with Crippen LogP contribution in [-0.2, 0) is 6.42 Å². The van der Waals surface area contributed by atoms with Gasteiger partial charge in [-0.3, -0.25) is 0 Å². The second-order valence-electron chi connectivity index (χ2n) is 5.22. The summed E-state index contributed by atoms with van der Waals surface area (Å²) in [5, 5.41) is 9.96. The molecule has 0 saturated carbocycles. The van der Waals surface area contributed by atoms with Gasteiger partial charge in [-0.25, -0.2) is 0 Å². The van der Waals surface area contributed by atoms with Crippen LogP contribution in [0.1, 0.15) is 69.9 Å². The Morgan fingerprint density at radius 3 is 2.37 bits per heavy atom. The molecule has 0 aliphatic carbocycles. The fraction of sp³-hybridized carbons (Fsp3) is 0.556. The van der Waals surface area contributed by atoms with Crippen LogP contribution < -0.4 is 0 Å². The van der Waals surface area contributed by atoms with Crippen LogP contribution in [0.25, 0.3) is 6.08 Å². The van der Waals surface area contributed by atoms with Gasteiger partial charge in [0.2, 0.25) is 0 Å². The molecular formula is C18H28O. The molecule has 1 rings (SSSR count). The van der Waals surface area contributed by atoms with E-state index in [0.29, 0.717) is 5.75 Å². The van der Waals surface area contributed by atoms with E-state index < -0.39 is 0 Å². The Balaban J connectivity index is 2.36. The summed E-state index contributed by atoms with van der Waals surface area (Å²) in [5.74, 6) is 0.446. The molecule has 0 aliphatic rings. The SMILES string of the molecule is C/C=C/c1cccc(O)c1CCCCCCCCC. The molecule has 0 aromatic heterocycles. The van der Waals surface area contributed by atoms with Gasteiger partial charge in [-0.15, -0.1) is 0 Å². The zero-order valence-electron chi connectivity index (χ0n) is 12.5. The van der Waals surface area contributed by atoms with Crippen molar-refractivity contribution in [2.75, 3.05) is 0 Å². The van der Waals surface area contributed by atoms with Crippen LogP contribution in [0, 0.1) is 0 Å². The normalized spacial score (nSPS) is 11.3. The molecule has 1 aromatic carbocycles. The Morgan fingerprint density at radius 2 is 1.68 bits per heavy atom. The first-order valence-electron chi connectivity index (χ1n) is 7.73. The maximum atomic E-state index is 9.96. The molecule has 19 heavy (non-hydrogen) atoms. The second-order valence-corrected chi connectivity index (χ2v) is 5.22. The third-order valence-corrected chi connectivity index (χ3v) is 3.56. The topological polar surface area (TPSA) is 20.2 Å². The Bertz CT molecular complexity index is 379. The van der Waals surface area contributed by atoms with Gasteiger partial charge < -0.3 is 5.11 Å². The molecule has 0 radical (unpaired) electrons. The van der Waals surface area contributed by atoms with Crippen molar-refractivity contribution in [3.8, 4) is 5.75 Å². The summed E-state index contributed by atoms with van der Waals surface area (Å²) >= 11 is 0. The summed E-state index contributed by atoms with van der Waals surface area (Å²) in [5.41, 5.74) is 2.27. The van der Waals surface area contributed by atoms with E-state index in [-0.39, 0.29) is 0 Å². The van der Waals surface area contributed by atoms with E-state index in [1.54, 1.807) is 6.07 Å². The van der Waals surface area contributed by atoms with Crippen LogP contribution in [0.3, 0.4) is 0 Å². The van der Waals surface area contributed by atoms with Crippen molar-refractivity contribution in [2.24, 2.45) is 0 Å². The molecule has 0 spiro atoms. The summed E-state index contributed by atoms with van der Waals surface area (Å²) in [6, 6.07) is 5.79. The summed E-state index contributed by atoms with van der Waals surface area (Å²) < 4.78 is 0. The minimum Gasteiger partial charge on any atom is -0.508 e. The molecule has 0 aliphatic heterocycles. The third kappa shape index (κ3) is 5.96. The molecule has 0 fully saturated rings. The maximum absolute atomic E-state index is 9.96. The molecule has 0 unspecified atom stereocenters. The number of hydrogen-bond acceptors (Lipinski definition) is 1.